The van der Waals surface area contributed by atoms with Crippen molar-refractivity contribution in [1.29, 1.82) is 0 Å². The van der Waals surface area contributed by atoms with Gasteiger partial charge in [0.25, 0.3) is 0 Å². The molecular formula is C22H20O3. The molecule has 0 saturated heterocycles. The van der Waals surface area contributed by atoms with Crippen LogP contribution in [0.15, 0.2) is 78.9 Å². The van der Waals surface area contributed by atoms with E-state index in [9.17, 15) is 4.79 Å². The minimum Gasteiger partial charge on any atom is -0.449 e. The molecule has 0 aliphatic heterocycles. The average Bonchev–Trinajstić information content (AvgIpc) is 2.62. The van der Waals surface area contributed by atoms with E-state index in [4.69, 9.17) is 9.84 Å². The van der Waals surface area contributed by atoms with Crippen molar-refractivity contribution >= 4 is 6.16 Å². The summed E-state index contributed by atoms with van der Waals surface area (Å²) in [5.74, 6) is 0.368. The Labute approximate surface area is 147 Å². The van der Waals surface area contributed by atoms with Crippen LogP contribution in [0.5, 0.6) is 5.75 Å². The van der Waals surface area contributed by atoms with E-state index in [1.807, 2.05) is 30.3 Å². The number of rotatable bonds is 4. The number of hydrogen-bond donors (Lipinski definition) is 1. The molecule has 0 bridgehead atoms. The Bertz CT molecular complexity index is 865. The van der Waals surface area contributed by atoms with E-state index in [1.54, 1.807) is 12.1 Å². The number of para-hydroxylation sites is 1. The summed E-state index contributed by atoms with van der Waals surface area (Å²) in [5, 5.41) is 8.97. The van der Waals surface area contributed by atoms with Crippen molar-refractivity contribution < 1.29 is 14.6 Å². The van der Waals surface area contributed by atoms with Crippen LogP contribution in [0.4, 0.5) is 4.79 Å². The third-order valence-electron chi connectivity index (χ3n) is 4.47. The molecule has 0 spiro atoms. The highest BCUT2D eigenvalue weighted by Gasteiger charge is 2.27. The zero-order valence-electron chi connectivity index (χ0n) is 14.3. The quantitative estimate of drug-likeness (QED) is 0.490. The first-order valence-corrected chi connectivity index (χ1v) is 8.15. The molecule has 0 saturated carbocycles. The zero-order valence-corrected chi connectivity index (χ0v) is 14.3. The maximum Gasteiger partial charge on any atom is 0.511 e. The van der Waals surface area contributed by atoms with Gasteiger partial charge in [-0.2, -0.15) is 0 Å². The average molecular weight is 332 g/mol. The standard InChI is InChI=1S/C22H20O3/c1-22(2,19-10-6-7-11-20(19)25-21(23)24)18-14-12-17(13-15-18)16-8-4-3-5-9-16/h3-15H,1-2H3,(H,23,24). The first-order valence-electron chi connectivity index (χ1n) is 8.15. The predicted molar refractivity (Wildman–Crippen MR) is 99.1 cm³/mol. The smallest absolute Gasteiger partial charge is 0.449 e. The van der Waals surface area contributed by atoms with Crippen molar-refractivity contribution in [1.82, 2.24) is 0 Å². The van der Waals surface area contributed by atoms with E-state index in [-0.39, 0.29) is 5.41 Å². The molecule has 1 N–H and O–H groups in total. The monoisotopic (exact) mass is 332 g/mol. The third-order valence-corrected chi connectivity index (χ3v) is 4.47. The molecule has 0 amide bonds. The van der Waals surface area contributed by atoms with Crippen LogP contribution in [0.2, 0.25) is 0 Å². The fourth-order valence-electron chi connectivity index (χ4n) is 3.03. The van der Waals surface area contributed by atoms with Gasteiger partial charge in [0.05, 0.1) is 0 Å². The number of carboxylic acid groups (broad SMARTS) is 1. The van der Waals surface area contributed by atoms with Crippen LogP contribution in [0.25, 0.3) is 11.1 Å². The molecule has 3 aromatic rings. The minimum atomic E-state index is -1.30. The van der Waals surface area contributed by atoms with Crippen LogP contribution in [-0.2, 0) is 5.41 Å². The lowest BCUT2D eigenvalue weighted by Gasteiger charge is -2.27. The number of carbonyl (C=O) groups is 1. The maximum absolute atomic E-state index is 11.0. The summed E-state index contributed by atoms with van der Waals surface area (Å²) in [4.78, 5) is 11.0. The molecule has 0 radical (unpaired) electrons. The van der Waals surface area contributed by atoms with E-state index in [2.05, 4.69) is 50.2 Å². The van der Waals surface area contributed by atoms with Crippen LogP contribution in [0.3, 0.4) is 0 Å². The summed E-state index contributed by atoms with van der Waals surface area (Å²) in [7, 11) is 0. The Morgan fingerprint density at radius 3 is 2.00 bits per heavy atom. The van der Waals surface area contributed by atoms with E-state index < -0.39 is 6.16 Å². The second-order valence-electron chi connectivity index (χ2n) is 6.43. The van der Waals surface area contributed by atoms with Crippen molar-refractivity contribution in [3.05, 3.63) is 90.0 Å². The lowest BCUT2D eigenvalue weighted by atomic mass is 9.77. The molecule has 0 heterocycles. The number of hydrogen-bond acceptors (Lipinski definition) is 2. The van der Waals surface area contributed by atoms with Crippen LogP contribution in [0.1, 0.15) is 25.0 Å². The molecule has 0 aliphatic rings. The topological polar surface area (TPSA) is 46.5 Å². The van der Waals surface area contributed by atoms with Gasteiger partial charge in [0.15, 0.2) is 0 Å². The maximum atomic E-state index is 11.0. The molecule has 126 valence electrons. The molecular weight excluding hydrogens is 312 g/mol. The fourth-order valence-corrected chi connectivity index (χ4v) is 3.03. The summed E-state index contributed by atoms with van der Waals surface area (Å²) in [5.41, 5.74) is 3.86. The molecule has 25 heavy (non-hydrogen) atoms. The van der Waals surface area contributed by atoms with E-state index in [0.29, 0.717) is 5.75 Å². The fraction of sp³-hybridized carbons (Fsp3) is 0.136. The van der Waals surface area contributed by atoms with Gasteiger partial charge in [0, 0.05) is 11.0 Å². The van der Waals surface area contributed by atoms with E-state index in [0.717, 1.165) is 16.7 Å². The van der Waals surface area contributed by atoms with Crippen molar-refractivity contribution in [3.63, 3.8) is 0 Å². The SMILES string of the molecule is CC(C)(c1ccc(-c2ccccc2)cc1)c1ccccc1OC(=O)O. The lowest BCUT2D eigenvalue weighted by Crippen LogP contribution is -2.21. The molecule has 0 fully saturated rings. The minimum absolute atomic E-state index is 0.368. The molecule has 0 unspecified atom stereocenters. The van der Waals surface area contributed by atoms with Gasteiger partial charge in [-0.05, 0) is 22.8 Å². The molecule has 0 atom stereocenters. The van der Waals surface area contributed by atoms with Gasteiger partial charge in [0.2, 0.25) is 0 Å². The van der Waals surface area contributed by atoms with Gasteiger partial charge in [-0.3, -0.25) is 0 Å². The molecule has 0 aliphatic carbocycles. The summed E-state index contributed by atoms with van der Waals surface area (Å²) < 4.78 is 4.96. The van der Waals surface area contributed by atoms with Gasteiger partial charge in [-0.15, -0.1) is 0 Å². The summed E-state index contributed by atoms with van der Waals surface area (Å²) in [6, 6.07) is 25.8. The summed E-state index contributed by atoms with van der Waals surface area (Å²) in [6.45, 7) is 4.13. The normalized spacial score (nSPS) is 11.1. The molecule has 3 aromatic carbocycles. The number of benzene rings is 3. The zero-order chi connectivity index (χ0) is 17.9. The van der Waals surface area contributed by atoms with Gasteiger partial charge >= 0.3 is 6.16 Å². The molecule has 3 heteroatoms. The van der Waals surface area contributed by atoms with Crippen molar-refractivity contribution in [3.8, 4) is 16.9 Å². The van der Waals surface area contributed by atoms with Crippen LogP contribution in [-0.4, -0.2) is 11.3 Å². The van der Waals surface area contributed by atoms with Gasteiger partial charge in [0.1, 0.15) is 5.75 Å². The number of ether oxygens (including phenoxy) is 1. The highest BCUT2D eigenvalue weighted by Crippen LogP contribution is 2.37. The van der Waals surface area contributed by atoms with Gasteiger partial charge in [-0.1, -0.05) is 86.6 Å². The largest absolute Gasteiger partial charge is 0.511 e. The first-order chi connectivity index (χ1) is 12.0. The Kier molecular flexibility index (Phi) is 4.57. The lowest BCUT2D eigenvalue weighted by molar-refractivity contribution is 0.143. The Balaban J connectivity index is 1.97. The van der Waals surface area contributed by atoms with E-state index in [1.165, 1.54) is 5.56 Å². The predicted octanol–water partition coefficient (Wildman–Crippen LogP) is 5.74. The van der Waals surface area contributed by atoms with Gasteiger partial charge < -0.3 is 9.84 Å². The highest BCUT2D eigenvalue weighted by atomic mass is 16.7. The second kappa shape index (κ2) is 6.81. The van der Waals surface area contributed by atoms with Crippen LogP contribution < -0.4 is 4.74 Å². The van der Waals surface area contributed by atoms with Crippen LogP contribution >= 0.6 is 0 Å². The third kappa shape index (κ3) is 3.56. The molecule has 3 rings (SSSR count). The van der Waals surface area contributed by atoms with Crippen LogP contribution in [0, 0.1) is 0 Å². The van der Waals surface area contributed by atoms with Crippen molar-refractivity contribution in [2.75, 3.05) is 0 Å². The Morgan fingerprint density at radius 2 is 1.36 bits per heavy atom. The molecule has 0 aromatic heterocycles. The first kappa shape index (κ1) is 16.8. The summed E-state index contributed by atoms with van der Waals surface area (Å²) >= 11 is 0. The van der Waals surface area contributed by atoms with Gasteiger partial charge in [-0.25, -0.2) is 4.79 Å². The van der Waals surface area contributed by atoms with Crippen molar-refractivity contribution in [2.45, 2.75) is 19.3 Å². The Morgan fingerprint density at radius 1 is 0.800 bits per heavy atom. The second-order valence-corrected chi connectivity index (χ2v) is 6.43. The van der Waals surface area contributed by atoms with E-state index >= 15 is 0 Å². The Hall–Kier alpha value is -3.07. The highest BCUT2D eigenvalue weighted by molar-refractivity contribution is 5.65. The van der Waals surface area contributed by atoms with Crippen molar-refractivity contribution in [2.24, 2.45) is 0 Å². The summed E-state index contributed by atoms with van der Waals surface area (Å²) in [6.07, 6.45) is -1.30. The molecule has 3 nitrogen and oxygen atoms in total.